The molecule has 2 unspecified atom stereocenters. The van der Waals surface area contributed by atoms with Crippen LogP contribution in [-0.4, -0.2) is 29.4 Å². The zero-order chi connectivity index (χ0) is 13.5. The number of hydrogen-bond acceptors (Lipinski definition) is 3. The van der Waals surface area contributed by atoms with Crippen molar-refractivity contribution in [2.75, 3.05) is 13.1 Å². The zero-order valence-corrected chi connectivity index (χ0v) is 10.4. The summed E-state index contributed by atoms with van der Waals surface area (Å²) in [6.07, 6.45) is -0.181. The predicted octanol–water partition coefficient (Wildman–Crippen LogP) is 1.75. The number of rotatable bonds is 7. The van der Waals surface area contributed by atoms with E-state index in [-0.39, 0.29) is 18.2 Å². The Hall–Kier alpha value is -1.04. The van der Waals surface area contributed by atoms with Crippen molar-refractivity contribution in [3.05, 3.63) is 35.4 Å². The highest BCUT2D eigenvalue weighted by atomic mass is 19.1. The van der Waals surface area contributed by atoms with Gasteiger partial charge in [-0.1, -0.05) is 6.07 Å². The Kier molecular flexibility index (Phi) is 6.18. The maximum absolute atomic E-state index is 13.3. The van der Waals surface area contributed by atoms with Gasteiger partial charge in [0.25, 0.3) is 0 Å². The third kappa shape index (κ3) is 4.68. The molecule has 0 saturated heterocycles. The van der Waals surface area contributed by atoms with Gasteiger partial charge >= 0.3 is 0 Å². The largest absolute Gasteiger partial charge is 0.393 e. The maximum Gasteiger partial charge on any atom is 0.131 e. The van der Waals surface area contributed by atoms with Gasteiger partial charge < -0.3 is 15.5 Å². The molecule has 5 heteroatoms. The number of benzene rings is 1. The Labute approximate surface area is 105 Å². The molecule has 0 aliphatic carbocycles. The van der Waals surface area contributed by atoms with E-state index >= 15 is 0 Å². The number of hydrogen-bond donors (Lipinski definition) is 3. The number of nitrogens with one attached hydrogen (secondary N) is 1. The van der Waals surface area contributed by atoms with Crippen molar-refractivity contribution in [1.29, 1.82) is 0 Å². The van der Waals surface area contributed by atoms with E-state index in [0.717, 1.165) is 18.6 Å². The van der Waals surface area contributed by atoms with Crippen molar-refractivity contribution in [3.8, 4) is 0 Å². The lowest BCUT2D eigenvalue weighted by Gasteiger charge is -2.14. The van der Waals surface area contributed by atoms with Crippen molar-refractivity contribution in [1.82, 2.24) is 5.32 Å². The first kappa shape index (κ1) is 15.0. The van der Waals surface area contributed by atoms with Crippen LogP contribution in [0, 0.1) is 11.6 Å². The Morgan fingerprint density at radius 2 is 1.83 bits per heavy atom. The van der Waals surface area contributed by atoms with Gasteiger partial charge in [-0.25, -0.2) is 8.78 Å². The van der Waals surface area contributed by atoms with Crippen LogP contribution in [0.25, 0.3) is 0 Å². The minimum Gasteiger partial charge on any atom is -0.393 e. The first-order chi connectivity index (χ1) is 8.52. The quantitative estimate of drug-likeness (QED) is 0.654. The van der Waals surface area contributed by atoms with E-state index in [9.17, 15) is 13.9 Å². The van der Waals surface area contributed by atoms with Crippen LogP contribution in [0.5, 0.6) is 0 Å². The number of aliphatic hydroxyl groups is 2. The fourth-order valence-electron chi connectivity index (χ4n) is 1.69. The first-order valence-corrected chi connectivity index (χ1v) is 6.03. The molecule has 18 heavy (non-hydrogen) atoms. The van der Waals surface area contributed by atoms with Gasteiger partial charge in [-0.2, -0.15) is 0 Å². The minimum atomic E-state index is -1.21. The van der Waals surface area contributed by atoms with E-state index < -0.39 is 17.7 Å². The highest BCUT2D eigenvalue weighted by Crippen LogP contribution is 2.19. The highest BCUT2D eigenvalue weighted by Gasteiger charge is 2.16. The summed E-state index contributed by atoms with van der Waals surface area (Å²) < 4.78 is 26.6. The molecule has 1 rings (SSSR count). The molecular weight excluding hydrogens is 240 g/mol. The molecule has 0 aliphatic rings. The van der Waals surface area contributed by atoms with E-state index in [4.69, 9.17) is 5.11 Å². The molecule has 0 heterocycles. The number of halogens is 2. The predicted molar refractivity (Wildman–Crippen MR) is 65.1 cm³/mol. The SMILES string of the molecule is CC(O)CCCNCC(O)c1c(F)cccc1F. The van der Waals surface area contributed by atoms with Crippen LogP contribution in [0.1, 0.15) is 31.4 Å². The van der Waals surface area contributed by atoms with Gasteiger partial charge in [0.2, 0.25) is 0 Å². The molecule has 1 aromatic carbocycles. The van der Waals surface area contributed by atoms with Crippen molar-refractivity contribution in [2.45, 2.75) is 32.0 Å². The van der Waals surface area contributed by atoms with Gasteiger partial charge in [-0.05, 0) is 38.4 Å². The fraction of sp³-hybridized carbons (Fsp3) is 0.538. The summed E-state index contributed by atoms with van der Waals surface area (Å²) in [6, 6.07) is 3.50. The lowest BCUT2D eigenvalue weighted by molar-refractivity contribution is 0.161. The molecule has 3 nitrogen and oxygen atoms in total. The van der Waals surface area contributed by atoms with Crippen LogP contribution < -0.4 is 5.32 Å². The van der Waals surface area contributed by atoms with Crippen molar-refractivity contribution in [2.24, 2.45) is 0 Å². The van der Waals surface area contributed by atoms with Gasteiger partial charge in [-0.15, -0.1) is 0 Å². The summed E-state index contributed by atoms with van der Waals surface area (Å²) in [5.74, 6) is -1.48. The molecule has 2 atom stereocenters. The van der Waals surface area contributed by atoms with Gasteiger partial charge in [0.15, 0.2) is 0 Å². The molecule has 0 aromatic heterocycles. The van der Waals surface area contributed by atoms with Crippen LogP contribution in [0.2, 0.25) is 0 Å². The average molecular weight is 259 g/mol. The molecule has 3 N–H and O–H groups in total. The van der Waals surface area contributed by atoms with E-state index in [1.54, 1.807) is 6.92 Å². The highest BCUT2D eigenvalue weighted by molar-refractivity contribution is 5.22. The van der Waals surface area contributed by atoms with Crippen molar-refractivity contribution >= 4 is 0 Å². The molecule has 0 amide bonds. The second-order valence-corrected chi connectivity index (χ2v) is 4.35. The second kappa shape index (κ2) is 7.41. The molecule has 1 aromatic rings. The van der Waals surface area contributed by atoms with Gasteiger partial charge in [0.05, 0.1) is 17.8 Å². The third-order valence-corrected chi connectivity index (χ3v) is 2.65. The molecule has 0 fully saturated rings. The Morgan fingerprint density at radius 3 is 2.39 bits per heavy atom. The minimum absolute atomic E-state index is 0.0810. The van der Waals surface area contributed by atoms with Gasteiger partial charge in [0.1, 0.15) is 11.6 Å². The Balaban J connectivity index is 2.39. The topological polar surface area (TPSA) is 52.5 Å². The lowest BCUT2D eigenvalue weighted by Crippen LogP contribution is -2.24. The van der Waals surface area contributed by atoms with E-state index in [1.165, 1.54) is 6.07 Å². The normalized spacial score (nSPS) is 14.5. The fourth-order valence-corrected chi connectivity index (χ4v) is 1.69. The van der Waals surface area contributed by atoms with E-state index in [2.05, 4.69) is 5.32 Å². The molecule has 0 bridgehead atoms. The summed E-state index contributed by atoms with van der Waals surface area (Å²) in [5, 5.41) is 21.6. The molecule has 0 aliphatic heterocycles. The molecule has 102 valence electrons. The van der Waals surface area contributed by atoms with E-state index in [0.29, 0.717) is 13.0 Å². The molecular formula is C13H19F2NO2. The zero-order valence-electron chi connectivity index (χ0n) is 10.4. The third-order valence-electron chi connectivity index (χ3n) is 2.65. The van der Waals surface area contributed by atoms with Crippen LogP contribution in [-0.2, 0) is 0 Å². The second-order valence-electron chi connectivity index (χ2n) is 4.35. The van der Waals surface area contributed by atoms with Gasteiger partial charge in [0, 0.05) is 6.54 Å². The first-order valence-electron chi connectivity index (χ1n) is 6.03. The molecule has 0 radical (unpaired) electrons. The van der Waals surface area contributed by atoms with E-state index in [1.807, 2.05) is 0 Å². The summed E-state index contributed by atoms with van der Waals surface area (Å²) in [4.78, 5) is 0. The smallest absolute Gasteiger partial charge is 0.131 e. The monoisotopic (exact) mass is 259 g/mol. The molecule has 0 saturated carbocycles. The summed E-state index contributed by atoms with van der Waals surface area (Å²) in [5.41, 5.74) is -0.305. The maximum atomic E-state index is 13.3. The van der Waals surface area contributed by atoms with Crippen LogP contribution in [0.3, 0.4) is 0 Å². The van der Waals surface area contributed by atoms with Crippen molar-refractivity contribution < 1.29 is 19.0 Å². The summed E-state index contributed by atoms with van der Waals surface area (Å²) >= 11 is 0. The Morgan fingerprint density at radius 1 is 1.22 bits per heavy atom. The molecule has 0 spiro atoms. The van der Waals surface area contributed by atoms with Crippen LogP contribution >= 0.6 is 0 Å². The number of aliphatic hydroxyl groups excluding tert-OH is 2. The van der Waals surface area contributed by atoms with Crippen molar-refractivity contribution in [3.63, 3.8) is 0 Å². The standard InChI is InChI=1S/C13H19F2NO2/c1-9(17)4-3-7-16-8-12(18)13-10(14)5-2-6-11(13)15/h2,5-6,9,12,16-18H,3-4,7-8H2,1H3. The summed E-state index contributed by atoms with van der Waals surface area (Å²) in [7, 11) is 0. The van der Waals surface area contributed by atoms with Gasteiger partial charge in [-0.3, -0.25) is 0 Å². The Bertz CT molecular complexity index is 352. The average Bonchev–Trinajstić information content (AvgIpc) is 2.27. The van der Waals surface area contributed by atoms with Crippen LogP contribution in [0.15, 0.2) is 18.2 Å². The lowest BCUT2D eigenvalue weighted by atomic mass is 10.1. The summed E-state index contributed by atoms with van der Waals surface area (Å²) in [6.45, 7) is 2.36. The van der Waals surface area contributed by atoms with Crippen LogP contribution in [0.4, 0.5) is 8.78 Å².